The van der Waals surface area contributed by atoms with Crippen molar-refractivity contribution in [3.8, 4) is 0 Å². The maximum absolute atomic E-state index is 11.1. The van der Waals surface area contributed by atoms with Crippen LogP contribution in [0.1, 0.15) is 34.1 Å². The van der Waals surface area contributed by atoms with E-state index in [0.29, 0.717) is 0 Å². The Morgan fingerprint density at radius 3 is 2.07 bits per heavy atom. The van der Waals surface area contributed by atoms with Gasteiger partial charge in [0.25, 0.3) is 0 Å². The summed E-state index contributed by atoms with van der Waals surface area (Å²) in [5, 5.41) is 18.8. The number of hydrogen-bond donors (Lipinski definition) is 2. The molecule has 2 N–H and O–H groups in total. The van der Waals surface area contributed by atoms with Crippen LogP contribution >= 0.6 is 0 Å². The zero-order valence-electron chi connectivity index (χ0n) is 8.83. The Kier molecular flexibility index (Phi) is 2.38. The lowest BCUT2D eigenvalue weighted by molar-refractivity contribution is -0.501. The molecule has 14 heavy (non-hydrogen) atoms. The highest BCUT2D eigenvalue weighted by Gasteiger charge is 2.58. The molecule has 1 heterocycles. The SMILES string of the molecule is CC1(C)CC(C)(C(=O)O)C(C)(O)OO1. The van der Waals surface area contributed by atoms with Gasteiger partial charge in [-0.2, -0.15) is 4.89 Å². The van der Waals surface area contributed by atoms with Gasteiger partial charge >= 0.3 is 5.97 Å². The van der Waals surface area contributed by atoms with Gasteiger partial charge in [-0.1, -0.05) is 0 Å². The third-order valence-electron chi connectivity index (χ3n) is 2.70. The first kappa shape index (κ1) is 11.4. The van der Waals surface area contributed by atoms with E-state index < -0.39 is 22.8 Å². The monoisotopic (exact) mass is 204 g/mol. The number of aliphatic carboxylic acids is 1. The van der Waals surface area contributed by atoms with Crippen LogP contribution in [-0.4, -0.2) is 27.6 Å². The number of hydrogen-bond acceptors (Lipinski definition) is 4. The molecule has 1 aliphatic rings. The molecule has 0 aromatic carbocycles. The van der Waals surface area contributed by atoms with Crippen LogP contribution in [0, 0.1) is 5.41 Å². The molecule has 0 saturated carbocycles. The van der Waals surface area contributed by atoms with Crippen molar-refractivity contribution in [2.24, 2.45) is 5.41 Å². The summed E-state index contributed by atoms with van der Waals surface area (Å²) in [6.45, 7) is 6.16. The number of carbonyl (C=O) groups is 1. The summed E-state index contributed by atoms with van der Waals surface area (Å²) in [7, 11) is 0. The second kappa shape index (κ2) is 2.92. The first-order valence-corrected chi connectivity index (χ1v) is 4.43. The van der Waals surface area contributed by atoms with Gasteiger partial charge in [0.05, 0.1) is 5.60 Å². The summed E-state index contributed by atoms with van der Waals surface area (Å²) in [4.78, 5) is 20.7. The van der Waals surface area contributed by atoms with Crippen molar-refractivity contribution >= 4 is 5.97 Å². The van der Waals surface area contributed by atoms with E-state index in [1.165, 1.54) is 13.8 Å². The molecule has 2 atom stereocenters. The molecule has 0 aliphatic carbocycles. The first-order chi connectivity index (χ1) is 6.11. The Labute approximate surface area is 82.6 Å². The highest BCUT2D eigenvalue weighted by Crippen LogP contribution is 2.45. The summed E-state index contributed by atoms with van der Waals surface area (Å²) < 4.78 is 0. The van der Waals surface area contributed by atoms with Crippen molar-refractivity contribution in [3.05, 3.63) is 0 Å². The van der Waals surface area contributed by atoms with Gasteiger partial charge in [-0.25, -0.2) is 4.89 Å². The lowest BCUT2D eigenvalue weighted by Gasteiger charge is -2.47. The number of carboxylic acids is 1. The summed E-state index contributed by atoms with van der Waals surface area (Å²) in [6.07, 6.45) is 0.183. The predicted octanol–water partition coefficient (Wildman–Crippen LogP) is 0.916. The van der Waals surface area contributed by atoms with E-state index in [2.05, 4.69) is 0 Å². The van der Waals surface area contributed by atoms with Gasteiger partial charge in [-0.05, 0) is 27.7 Å². The van der Waals surface area contributed by atoms with Crippen LogP contribution in [0.25, 0.3) is 0 Å². The van der Waals surface area contributed by atoms with E-state index in [4.69, 9.17) is 14.9 Å². The normalized spacial score (nSPS) is 42.1. The molecular formula is C9H16O5. The molecule has 1 rings (SSSR count). The van der Waals surface area contributed by atoms with Gasteiger partial charge in [-0.15, -0.1) is 0 Å². The van der Waals surface area contributed by atoms with E-state index >= 15 is 0 Å². The van der Waals surface area contributed by atoms with Gasteiger partial charge in [0.2, 0.25) is 5.79 Å². The Balaban J connectivity index is 3.04. The van der Waals surface area contributed by atoms with Crippen molar-refractivity contribution in [2.75, 3.05) is 0 Å². The fraction of sp³-hybridized carbons (Fsp3) is 0.889. The van der Waals surface area contributed by atoms with Crippen molar-refractivity contribution in [3.63, 3.8) is 0 Å². The van der Waals surface area contributed by atoms with Gasteiger partial charge in [-0.3, -0.25) is 4.79 Å². The zero-order valence-corrected chi connectivity index (χ0v) is 8.83. The number of carboxylic acid groups (broad SMARTS) is 1. The zero-order chi connectivity index (χ0) is 11.2. The highest BCUT2D eigenvalue weighted by atomic mass is 17.2. The Morgan fingerprint density at radius 2 is 1.71 bits per heavy atom. The minimum absolute atomic E-state index is 0.183. The first-order valence-electron chi connectivity index (χ1n) is 4.43. The van der Waals surface area contributed by atoms with E-state index in [9.17, 15) is 9.90 Å². The average molecular weight is 204 g/mol. The molecule has 5 heteroatoms. The fourth-order valence-corrected chi connectivity index (χ4v) is 1.60. The molecule has 82 valence electrons. The summed E-state index contributed by atoms with van der Waals surface area (Å²) in [5.41, 5.74) is -2.08. The lowest BCUT2D eigenvalue weighted by Crippen LogP contribution is -2.59. The quantitative estimate of drug-likeness (QED) is 0.621. The third kappa shape index (κ3) is 1.63. The fourth-order valence-electron chi connectivity index (χ4n) is 1.60. The van der Waals surface area contributed by atoms with Crippen molar-refractivity contribution in [2.45, 2.75) is 45.5 Å². The summed E-state index contributed by atoms with van der Waals surface area (Å²) >= 11 is 0. The van der Waals surface area contributed by atoms with Crippen molar-refractivity contribution in [1.82, 2.24) is 0 Å². The molecule has 0 aromatic rings. The van der Waals surface area contributed by atoms with Gasteiger partial charge < -0.3 is 10.2 Å². The lowest BCUT2D eigenvalue weighted by atomic mass is 9.73. The second-order valence-electron chi connectivity index (χ2n) is 4.72. The summed E-state index contributed by atoms with van der Waals surface area (Å²) in [5.74, 6) is -2.91. The van der Waals surface area contributed by atoms with Crippen LogP contribution < -0.4 is 0 Å². The van der Waals surface area contributed by atoms with Gasteiger partial charge in [0.1, 0.15) is 5.41 Å². The van der Waals surface area contributed by atoms with E-state index in [1.807, 2.05) is 0 Å². The Morgan fingerprint density at radius 1 is 1.21 bits per heavy atom. The van der Waals surface area contributed by atoms with E-state index in [-0.39, 0.29) is 6.42 Å². The molecule has 1 saturated heterocycles. The van der Waals surface area contributed by atoms with Crippen LogP contribution in [0.4, 0.5) is 0 Å². The molecule has 2 unspecified atom stereocenters. The maximum Gasteiger partial charge on any atom is 0.315 e. The van der Waals surface area contributed by atoms with Gasteiger partial charge in [0, 0.05) is 6.42 Å². The molecule has 0 radical (unpaired) electrons. The standard InChI is InChI=1S/C9H16O5/c1-7(2)5-8(3,6(10)11)9(4,12)14-13-7/h12H,5H2,1-4H3,(H,10,11). The Hall–Kier alpha value is -0.650. The Bertz CT molecular complexity index is 258. The molecule has 0 bridgehead atoms. The van der Waals surface area contributed by atoms with Gasteiger partial charge in [0.15, 0.2) is 0 Å². The average Bonchev–Trinajstić information content (AvgIpc) is 1.98. The van der Waals surface area contributed by atoms with Crippen LogP contribution in [0.5, 0.6) is 0 Å². The van der Waals surface area contributed by atoms with Crippen LogP contribution in [0.2, 0.25) is 0 Å². The van der Waals surface area contributed by atoms with Crippen LogP contribution in [0.3, 0.4) is 0 Å². The second-order valence-corrected chi connectivity index (χ2v) is 4.72. The van der Waals surface area contributed by atoms with Crippen molar-refractivity contribution in [1.29, 1.82) is 0 Å². The maximum atomic E-state index is 11.1. The smallest absolute Gasteiger partial charge is 0.315 e. The molecule has 0 amide bonds. The van der Waals surface area contributed by atoms with Crippen molar-refractivity contribution < 1.29 is 24.8 Å². The highest BCUT2D eigenvalue weighted by molar-refractivity contribution is 5.75. The molecule has 5 nitrogen and oxygen atoms in total. The predicted molar refractivity (Wildman–Crippen MR) is 47.2 cm³/mol. The number of rotatable bonds is 1. The third-order valence-corrected chi connectivity index (χ3v) is 2.70. The topological polar surface area (TPSA) is 76.0 Å². The molecular weight excluding hydrogens is 188 g/mol. The minimum Gasteiger partial charge on any atom is -0.481 e. The molecule has 1 fully saturated rings. The summed E-state index contributed by atoms with van der Waals surface area (Å²) in [6, 6.07) is 0. The largest absolute Gasteiger partial charge is 0.481 e. The molecule has 1 aliphatic heterocycles. The molecule has 0 spiro atoms. The van der Waals surface area contributed by atoms with Crippen LogP contribution in [-0.2, 0) is 14.6 Å². The molecule has 0 aromatic heterocycles. The number of aliphatic hydroxyl groups is 1. The van der Waals surface area contributed by atoms with E-state index in [1.54, 1.807) is 13.8 Å². The minimum atomic E-state index is -1.81. The van der Waals surface area contributed by atoms with Crippen LogP contribution in [0.15, 0.2) is 0 Å². The van der Waals surface area contributed by atoms with E-state index in [0.717, 1.165) is 0 Å².